The second-order valence-electron chi connectivity index (χ2n) is 3.75. The first kappa shape index (κ1) is 11.2. The van der Waals surface area contributed by atoms with Gasteiger partial charge in [-0.3, -0.25) is 4.79 Å². The van der Waals surface area contributed by atoms with E-state index < -0.39 is 0 Å². The van der Waals surface area contributed by atoms with E-state index in [2.05, 4.69) is 4.98 Å². The molecular weight excluding hydrogens is 228 g/mol. The lowest BCUT2D eigenvalue weighted by Gasteiger charge is -2.19. The van der Waals surface area contributed by atoms with E-state index in [1.807, 2.05) is 0 Å². The van der Waals surface area contributed by atoms with Gasteiger partial charge in [0.2, 0.25) is 0 Å². The number of nitrogens with zero attached hydrogens (tertiary/aromatic N) is 2. The van der Waals surface area contributed by atoms with Crippen molar-refractivity contribution in [2.45, 2.75) is 12.5 Å². The molecule has 0 spiro atoms. The SMILES string of the molecule is CN1CC(CCCl)Oc2cccnc2C1=O. The number of aromatic nitrogens is 1. The van der Waals surface area contributed by atoms with Crippen molar-refractivity contribution in [3.05, 3.63) is 24.0 Å². The van der Waals surface area contributed by atoms with E-state index in [-0.39, 0.29) is 12.0 Å². The molecule has 0 N–H and O–H groups in total. The Bertz CT molecular complexity index is 397. The molecule has 5 heteroatoms. The molecule has 1 aromatic heterocycles. The lowest BCUT2D eigenvalue weighted by Crippen LogP contribution is -2.34. The number of fused-ring (bicyclic) bond motifs is 1. The summed E-state index contributed by atoms with van der Waals surface area (Å²) in [5.74, 6) is 0.960. The minimum atomic E-state index is -0.104. The Balaban J connectivity index is 2.32. The highest BCUT2D eigenvalue weighted by molar-refractivity contribution is 6.17. The molecule has 4 nitrogen and oxygen atoms in total. The third-order valence-electron chi connectivity index (χ3n) is 2.52. The van der Waals surface area contributed by atoms with Gasteiger partial charge in [0.1, 0.15) is 6.10 Å². The summed E-state index contributed by atoms with van der Waals surface area (Å²) in [6.07, 6.45) is 2.25. The fourth-order valence-corrected chi connectivity index (χ4v) is 1.95. The van der Waals surface area contributed by atoms with E-state index in [0.29, 0.717) is 30.3 Å². The predicted octanol–water partition coefficient (Wildman–Crippen LogP) is 1.54. The topological polar surface area (TPSA) is 42.4 Å². The molecule has 2 rings (SSSR count). The number of halogens is 1. The first-order valence-electron chi connectivity index (χ1n) is 5.15. The summed E-state index contributed by atoms with van der Waals surface area (Å²) in [7, 11) is 1.75. The maximum absolute atomic E-state index is 11.9. The zero-order valence-corrected chi connectivity index (χ0v) is 9.78. The van der Waals surface area contributed by atoms with Crippen LogP contribution in [0.1, 0.15) is 16.9 Å². The van der Waals surface area contributed by atoms with Crippen LogP contribution >= 0.6 is 11.6 Å². The van der Waals surface area contributed by atoms with E-state index in [1.165, 1.54) is 0 Å². The minimum Gasteiger partial charge on any atom is -0.486 e. The van der Waals surface area contributed by atoms with E-state index >= 15 is 0 Å². The fraction of sp³-hybridized carbons (Fsp3) is 0.455. The molecule has 1 unspecified atom stereocenters. The van der Waals surface area contributed by atoms with E-state index in [9.17, 15) is 4.79 Å². The number of hydrogen-bond donors (Lipinski definition) is 0. The smallest absolute Gasteiger partial charge is 0.276 e. The molecule has 0 aromatic carbocycles. The van der Waals surface area contributed by atoms with Crippen LogP contribution in [0.25, 0.3) is 0 Å². The van der Waals surface area contributed by atoms with Crippen LogP contribution in [0.2, 0.25) is 0 Å². The van der Waals surface area contributed by atoms with Gasteiger partial charge in [-0.15, -0.1) is 11.6 Å². The molecule has 1 aromatic rings. The van der Waals surface area contributed by atoms with Gasteiger partial charge < -0.3 is 9.64 Å². The van der Waals surface area contributed by atoms with Gasteiger partial charge in [-0.2, -0.15) is 0 Å². The first-order valence-corrected chi connectivity index (χ1v) is 5.69. The van der Waals surface area contributed by atoms with Crippen molar-refractivity contribution < 1.29 is 9.53 Å². The first-order chi connectivity index (χ1) is 7.72. The molecule has 0 radical (unpaired) electrons. The van der Waals surface area contributed by atoms with Gasteiger partial charge in [0.25, 0.3) is 5.91 Å². The second-order valence-corrected chi connectivity index (χ2v) is 4.13. The Labute approximate surface area is 99.2 Å². The second kappa shape index (κ2) is 4.70. The van der Waals surface area contributed by atoms with Crippen LogP contribution in [-0.2, 0) is 0 Å². The Morgan fingerprint density at radius 1 is 1.69 bits per heavy atom. The van der Waals surface area contributed by atoms with E-state index in [4.69, 9.17) is 16.3 Å². The standard InChI is InChI=1S/C11H13ClN2O2/c1-14-7-8(4-5-12)16-9-3-2-6-13-10(9)11(14)15/h2-3,6,8H,4-5,7H2,1H3. The Morgan fingerprint density at radius 2 is 2.50 bits per heavy atom. The summed E-state index contributed by atoms with van der Waals surface area (Å²) in [5, 5.41) is 0. The molecule has 2 heterocycles. The average molecular weight is 241 g/mol. The van der Waals surface area contributed by atoms with Crippen LogP contribution in [0.3, 0.4) is 0 Å². The summed E-state index contributed by atoms with van der Waals surface area (Å²) in [6.45, 7) is 0.544. The summed E-state index contributed by atoms with van der Waals surface area (Å²) in [4.78, 5) is 17.6. The zero-order chi connectivity index (χ0) is 11.5. The van der Waals surface area contributed by atoms with Crippen molar-refractivity contribution in [3.8, 4) is 5.75 Å². The monoisotopic (exact) mass is 240 g/mol. The van der Waals surface area contributed by atoms with Crippen LogP contribution in [0, 0.1) is 0 Å². The molecule has 16 heavy (non-hydrogen) atoms. The highest BCUT2D eigenvalue weighted by Gasteiger charge is 2.26. The van der Waals surface area contributed by atoms with Crippen molar-refractivity contribution >= 4 is 17.5 Å². The van der Waals surface area contributed by atoms with Crippen molar-refractivity contribution in [1.82, 2.24) is 9.88 Å². The Kier molecular flexibility index (Phi) is 3.29. The van der Waals surface area contributed by atoms with E-state index in [0.717, 1.165) is 0 Å². The quantitative estimate of drug-likeness (QED) is 0.737. The normalized spacial score (nSPS) is 20.0. The Hall–Kier alpha value is -1.29. The van der Waals surface area contributed by atoms with Gasteiger partial charge in [0.05, 0.1) is 6.54 Å². The van der Waals surface area contributed by atoms with Crippen LogP contribution in [0.15, 0.2) is 18.3 Å². The highest BCUT2D eigenvalue weighted by atomic mass is 35.5. The van der Waals surface area contributed by atoms with Crippen molar-refractivity contribution in [3.63, 3.8) is 0 Å². The molecule has 1 aliphatic heterocycles. The molecule has 0 aliphatic carbocycles. The van der Waals surface area contributed by atoms with Crippen LogP contribution in [-0.4, -0.2) is 41.4 Å². The highest BCUT2D eigenvalue weighted by Crippen LogP contribution is 2.23. The molecule has 1 aliphatic rings. The molecule has 1 amide bonds. The maximum Gasteiger partial charge on any atom is 0.276 e. The summed E-state index contributed by atoms with van der Waals surface area (Å²) < 4.78 is 5.73. The zero-order valence-electron chi connectivity index (χ0n) is 9.02. The Morgan fingerprint density at radius 3 is 3.25 bits per heavy atom. The maximum atomic E-state index is 11.9. The van der Waals surface area contributed by atoms with Crippen molar-refractivity contribution in [2.24, 2.45) is 0 Å². The number of ether oxygens (including phenoxy) is 1. The summed E-state index contributed by atoms with van der Waals surface area (Å²) >= 11 is 5.70. The average Bonchev–Trinajstić information content (AvgIpc) is 2.39. The number of hydrogen-bond acceptors (Lipinski definition) is 3. The van der Waals surface area contributed by atoms with Gasteiger partial charge in [-0.05, 0) is 18.6 Å². The van der Waals surface area contributed by atoms with Gasteiger partial charge in [0, 0.05) is 19.1 Å². The van der Waals surface area contributed by atoms with Gasteiger partial charge >= 0.3 is 0 Å². The van der Waals surface area contributed by atoms with Gasteiger partial charge in [-0.1, -0.05) is 0 Å². The number of carbonyl (C=O) groups is 1. The lowest BCUT2D eigenvalue weighted by atomic mass is 10.2. The number of amides is 1. The molecule has 0 saturated heterocycles. The van der Waals surface area contributed by atoms with Crippen molar-refractivity contribution in [1.29, 1.82) is 0 Å². The molecule has 0 saturated carbocycles. The van der Waals surface area contributed by atoms with Gasteiger partial charge in [-0.25, -0.2) is 4.98 Å². The third-order valence-corrected chi connectivity index (χ3v) is 2.74. The number of carbonyl (C=O) groups excluding carboxylic acids is 1. The summed E-state index contributed by atoms with van der Waals surface area (Å²) in [6, 6.07) is 3.52. The molecule has 86 valence electrons. The summed E-state index contributed by atoms with van der Waals surface area (Å²) in [5.41, 5.74) is 0.377. The van der Waals surface area contributed by atoms with Crippen LogP contribution in [0.4, 0.5) is 0 Å². The van der Waals surface area contributed by atoms with E-state index in [1.54, 1.807) is 30.3 Å². The van der Waals surface area contributed by atoms with Crippen LogP contribution in [0.5, 0.6) is 5.75 Å². The van der Waals surface area contributed by atoms with Gasteiger partial charge in [0.15, 0.2) is 11.4 Å². The van der Waals surface area contributed by atoms with Crippen LogP contribution < -0.4 is 4.74 Å². The molecule has 1 atom stereocenters. The number of likely N-dealkylation sites (N-methyl/N-ethyl adjacent to an activating group) is 1. The fourth-order valence-electron chi connectivity index (χ4n) is 1.70. The molecule has 0 bridgehead atoms. The minimum absolute atomic E-state index is 0.0584. The number of alkyl halides is 1. The van der Waals surface area contributed by atoms with Crippen molar-refractivity contribution in [2.75, 3.05) is 19.5 Å². The third kappa shape index (κ3) is 2.11. The number of rotatable bonds is 2. The number of pyridine rings is 1. The lowest BCUT2D eigenvalue weighted by molar-refractivity contribution is 0.0755. The molecular formula is C11H13ClN2O2. The predicted molar refractivity (Wildman–Crippen MR) is 61.0 cm³/mol. The largest absolute Gasteiger partial charge is 0.486 e. The molecule has 0 fully saturated rings.